The number of amides is 2. The fourth-order valence-corrected chi connectivity index (χ4v) is 3.43. The van der Waals surface area contributed by atoms with Crippen LogP contribution in [0.5, 0.6) is 0 Å². The summed E-state index contributed by atoms with van der Waals surface area (Å²) in [5, 5.41) is 1.30. The molecule has 1 saturated heterocycles. The molecule has 2 amide bonds. The van der Waals surface area contributed by atoms with E-state index in [9.17, 15) is 9.59 Å². The van der Waals surface area contributed by atoms with Gasteiger partial charge >= 0.3 is 0 Å². The zero-order chi connectivity index (χ0) is 18.7. The number of benzene rings is 2. The molecule has 2 aromatic carbocycles. The van der Waals surface area contributed by atoms with Crippen molar-refractivity contribution in [1.82, 2.24) is 9.80 Å². The molecule has 0 aromatic heterocycles. The molecule has 136 valence electrons. The largest absolute Gasteiger partial charge is 0.337 e. The number of rotatable bonds is 2. The van der Waals surface area contributed by atoms with E-state index in [-0.39, 0.29) is 11.8 Å². The van der Waals surface area contributed by atoms with Gasteiger partial charge in [0.15, 0.2) is 0 Å². The van der Waals surface area contributed by atoms with Crippen LogP contribution in [0.25, 0.3) is 0 Å². The van der Waals surface area contributed by atoms with Gasteiger partial charge in [-0.1, -0.05) is 40.9 Å². The fourth-order valence-electron chi connectivity index (χ4n) is 2.94. The molecule has 0 saturated carbocycles. The van der Waals surface area contributed by atoms with Gasteiger partial charge in [-0.15, -0.1) is 0 Å². The lowest BCUT2D eigenvalue weighted by atomic mass is 10.2. The van der Waals surface area contributed by atoms with Gasteiger partial charge in [-0.2, -0.15) is 0 Å². The van der Waals surface area contributed by atoms with Crippen molar-refractivity contribution < 1.29 is 9.59 Å². The van der Waals surface area contributed by atoms with Crippen molar-refractivity contribution in [2.75, 3.05) is 26.2 Å². The van der Waals surface area contributed by atoms with Crippen molar-refractivity contribution >= 4 is 46.6 Å². The third kappa shape index (κ3) is 4.32. The van der Waals surface area contributed by atoms with E-state index in [1.807, 2.05) is 0 Å². The van der Waals surface area contributed by atoms with E-state index in [0.29, 0.717) is 58.8 Å². The molecule has 0 atom stereocenters. The Morgan fingerprint density at radius 2 is 1.35 bits per heavy atom. The minimum Gasteiger partial charge on any atom is -0.337 e. The molecule has 0 spiro atoms. The van der Waals surface area contributed by atoms with Gasteiger partial charge in [-0.3, -0.25) is 9.59 Å². The highest BCUT2D eigenvalue weighted by Gasteiger charge is 2.24. The lowest BCUT2D eigenvalue weighted by Crippen LogP contribution is -2.37. The number of carbonyl (C=O) groups is 2. The Morgan fingerprint density at radius 1 is 0.731 bits per heavy atom. The van der Waals surface area contributed by atoms with Crippen molar-refractivity contribution in [2.24, 2.45) is 0 Å². The molecule has 1 heterocycles. The van der Waals surface area contributed by atoms with Crippen molar-refractivity contribution in [3.63, 3.8) is 0 Å². The van der Waals surface area contributed by atoms with Gasteiger partial charge in [-0.25, -0.2) is 0 Å². The van der Waals surface area contributed by atoms with Crippen LogP contribution in [0, 0.1) is 0 Å². The summed E-state index contributed by atoms with van der Waals surface area (Å²) in [6.45, 7) is 2.11. The van der Waals surface area contributed by atoms with Gasteiger partial charge < -0.3 is 9.80 Å². The summed E-state index contributed by atoms with van der Waals surface area (Å²) in [5.41, 5.74) is 1.05. The van der Waals surface area contributed by atoms with Gasteiger partial charge in [0.1, 0.15) is 0 Å². The summed E-state index contributed by atoms with van der Waals surface area (Å²) in [4.78, 5) is 28.9. The lowest BCUT2D eigenvalue weighted by molar-refractivity contribution is 0.0719. The maximum absolute atomic E-state index is 12.7. The number of hydrogen-bond donors (Lipinski definition) is 0. The topological polar surface area (TPSA) is 40.6 Å². The molecule has 4 nitrogen and oxygen atoms in total. The Morgan fingerprint density at radius 3 is 1.92 bits per heavy atom. The van der Waals surface area contributed by atoms with Crippen molar-refractivity contribution in [3.05, 3.63) is 68.7 Å². The van der Waals surface area contributed by atoms with E-state index in [4.69, 9.17) is 34.8 Å². The average Bonchev–Trinajstić information content (AvgIpc) is 2.89. The minimum absolute atomic E-state index is 0.0728. The van der Waals surface area contributed by atoms with Crippen molar-refractivity contribution in [3.8, 4) is 0 Å². The minimum atomic E-state index is -0.111. The number of carbonyl (C=O) groups excluding carboxylic acids is 2. The molecule has 0 N–H and O–H groups in total. The summed E-state index contributed by atoms with van der Waals surface area (Å²) >= 11 is 17.9. The summed E-state index contributed by atoms with van der Waals surface area (Å²) < 4.78 is 0. The first kappa shape index (κ1) is 19.0. The Hall–Kier alpha value is -1.75. The molecule has 3 rings (SSSR count). The Labute approximate surface area is 167 Å². The number of hydrogen-bond acceptors (Lipinski definition) is 2. The van der Waals surface area contributed by atoms with Crippen LogP contribution in [0.15, 0.2) is 42.5 Å². The van der Waals surface area contributed by atoms with Crippen molar-refractivity contribution in [2.45, 2.75) is 6.42 Å². The first-order valence-corrected chi connectivity index (χ1v) is 9.38. The van der Waals surface area contributed by atoms with E-state index < -0.39 is 0 Å². The molecule has 2 aromatic rings. The van der Waals surface area contributed by atoms with Gasteiger partial charge in [0.2, 0.25) is 0 Å². The van der Waals surface area contributed by atoms with Crippen LogP contribution >= 0.6 is 34.8 Å². The molecule has 0 unspecified atom stereocenters. The normalized spacial score (nSPS) is 14.9. The standard InChI is InChI=1S/C19H17Cl3N2O2/c20-15-4-1-3-13(11-15)18(25)23-7-2-8-24(10-9-23)19(26)14-5-6-16(21)17(22)12-14/h1,3-6,11-12H,2,7-10H2. The summed E-state index contributed by atoms with van der Waals surface area (Å²) in [6, 6.07) is 11.8. The SMILES string of the molecule is O=C(c1cccc(Cl)c1)N1CCCN(C(=O)c2ccc(Cl)c(Cl)c2)CC1. The zero-order valence-corrected chi connectivity index (χ0v) is 16.2. The van der Waals surface area contributed by atoms with Gasteiger partial charge in [0, 0.05) is 42.3 Å². The van der Waals surface area contributed by atoms with Gasteiger partial charge in [-0.05, 0) is 42.8 Å². The third-order valence-electron chi connectivity index (χ3n) is 4.31. The molecule has 0 radical (unpaired) electrons. The van der Waals surface area contributed by atoms with Crippen LogP contribution in [-0.2, 0) is 0 Å². The maximum Gasteiger partial charge on any atom is 0.253 e. The molecule has 0 bridgehead atoms. The second kappa shape index (κ2) is 8.30. The summed E-state index contributed by atoms with van der Waals surface area (Å²) in [7, 11) is 0. The first-order valence-electron chi connectivity index (χ1n) is 8.25. The molecular formula is C19H17Cl3N2O2. The Bertz CT molecular complexity index is 841. The van der Waals surface area contributed by atoms with E-state index in [1.54, 1.807) is 52.3 Å². The summed E-state index contributed by atoms with van der Waals surface area (Å²) in [5.74, 6) is -0.183. The molecule has 26 heavy (non-hydrogen) atoms. The zero-order valence-electron chi connectivity index (χ0n) is 13.9. The van der Waals surface area contributed by atoms with Crippen molar-refractivity contribution in [1.29, 1.82) is 0 Å². The molecule has 1 fully saturated rings. The highest BCUT2D eigenvalue weighted by molar-refractivity contribution is 6.42. The van der Waals surface area contributed by atoms with Crippen LogP contribution in [-0.4, -0.2) is 47.8 Å². The summed E-state index contributed by atoms with van der Waals surface area (Å²) in [6.07, 6.45) is 0.708. The van der Waals surface area contributed by atoms with Crippen LogP contribution in [0.4, 0.5) is 0 Å². The molecule has 7 heteroatoms. The smallest absolute Gasteiger partial charge is 0.253 e. The molecular weight excluding hydrogens is 395 g/mol. The van der Waals surface area contributed by atoms with Gasteiger partial charge in [0.25, 0.3) is 11.8 Å². The Balaban J connectivity index is 1.68. The maximum atomic E-state index is 12.7. The second-order valence-corrected chi connectivity index (χ2v) is 7.33. The lowest BCUT2D eigenvalue weighted by Gasteiger charge is -2.22. The number of nitrogens with zero attached hydrogens (tertiary/aromatic N) is 2. The van der Waals surface area contributed by atoms with E-state index in [2.05, 4.69) is 0 Å². The highest BCUT2D eigenvalue weighted by Crippen LogP contribution is 2.23. The molecule has 0 aliphatic carbocycles. The van der Waals surface area contributed by atoms with E-state index in [1.165, 1.54) is 0 Å². The van der Waals surface area contributed by atoms with Gasteiger partial charge in [0.05, 0.1) is 10.0 Å². The predicted octanol–water partition coefficient (Wildman–Crippen LogP) is 4.64. The fraction of sp³-hybridized carbons (Fsp3) is 0.263. The van der Waals surface area contributed by atoms with Crippen LogP contribution < -0.4 is 0 Å². The van der Waals surface area contributed by atoms with Crippen LogP contribution in [0.1, 0.15) is 27.1 Å². The highest BCUT2D eigenvalue weighted by atomic mass is 35.5. The second-order valence-electron chi connectivity index (χ2n) is 6.08. The van der Waals surface area contributed by atoms with Crippen LogP contribution in [0.2, 0.25) is 15.1 Å². The van der Waals surface area contributed by atoms with E-state index >= 15 is 0 Å². The van der Waals surface area contributed by atoms with E-state index in [0.717, 1.165) is 0 Å². The number of halogens is 3. The molecule has 1 aliphatic rings. The Kier molecular flexibility index (Phi) is 6.07. The predicted molar refractivity (Wildman–Crippen MR) is 104 cm³/mol. The first-order chi connectivity index (χ1) is 12.5. The monoisotopic (exact) mass is 410 g/mol. The van der Waals surface area contributed by atoms with Crippen LogP contribution in [0.3, 0.4) is 0 Å². The quantitative estimate of drug-likeness (QED) is 0.722. The molecule has 1 aliphatic heterocycles. The average molecular weight is 412 g/mol. The third-order valence-corrected chi connectivity index (χ3v) is 5.28.